The number of urea groups is 1. The molecular formula is C21H21ClN4O3. The topological polar surface area (TPSA) is 76.5 Å². The van der Waals surface area contributed by atoms with Crippen LogP contribution in [0.25, 0.3) is 10.9 Å². The third-order valence-corrected chi connectivity index (χ3v) is 5.47. The number of amides is 2. The number of carbonyl (C=O) groups is 1. The number of halogens is 1. The number of nitrogens with one attached hydrogen (secondary N) is 1. The van der Waals surface area contributed by atoms with E-state index in [1.54, 1.807) is 53.2 Å². The van der Waals surface area contributed by atoms with Crippen molar-refractivity contribution in [3.8, 4) is 5.75 Å². The first kappa shape index (κ1) is 19.3. The average Bonchev–Trinajstić information content (AvgIpc) is 2.74. The molecule has 3 aromatic rings. The van der Waals surface area contributed by atoms with Crippen molar-refractivity contribution >= 4 is 34.2 Å². The molecule has 2 aromatic carbocycles. The lowest BCUT2D eigenvalue weighted by atomic mass is 10.0. The molecule has 8 heteroatoms. The van der Waals surface area contributed by atoms with Crippen LogP contribution in [0.15, 0.2) is 53.6 Å². The molecule has 7 nitrogen and oxygen atoms in total. The van der Waals surface area contributed by atoms with Crippen molar-refractivity contribution in [2.45, 2.75) is 18.9 Å². The highest BCUT2D eigenvalue weighted by Crippen LogP contribution is 2.26. The maximum Gasteiger partial charge on any atom is 0.321 e. The Bertz CT molecular complexity index is 1110. The van der Waals surface area contributed by atoms with E-state index in [9.17, 15) is 9.59 Å². The number of ether oxygens (including phenoxy) is 1. The summed E-state index contributed by atoms with van der Waals surface area (Å²) in [6.07, 6.45) is 2.94. The Morgan fingerprint density at radius 3 is 2.72 bits per heavy atom. The van der Waals surface area contributed by atoms with Crippen molar-refractivity contribution in [2.24, 2.45) is 0 Å². The van der Waals surface area contributed by atoms with Gasteiger partial charge < -0.3 is 15.0 Å². The smallest absolute Gasteiger partial charge is 0.321 e. The molecule has 0 unspecified atom stereocenters. The summed E-state index contributed by atoms with van der Waals surface area (Å²) in [5.41, 5.74) is 1.15. The van der Waals surface area contributed by atoms with Crippen molar-refractivity contribution in [2.75, 3.05) is 25.5 Å². The minimum Gasteiger partial charge on any atom is -0.495 e. The van der Waals surface area contributed by atoms with Crippen LogP contribution >= 0.6 is 11.6 Å². The number of aromatic nitrogens is 2. The Morgan fingerprint density at radius 2 is 1.97 bits per heavy atom. The zero-order valence-corrected chi connectivity index (χ0v) is 16.7. The normalized spacial score (nSPS) is 14.8. The van der Waals surface area contributed by atoms with Gasteiger partial charge in [-0.15, -0.1) is 0 Å². The van der Waals surface area contributed by atoms with Gasteiger partial charge in [-0.25, -0.2) is 9.78 Å². The Balaban J connectivity index is 1.45. The molecule has 0 radical (unpaired) electrons. The number of hydrogen-bond donors (Lipinski definition) is 1. The lowest BCUT2D eigenvalue weighted by Gasteiger charge is -2.32. The second-order valence-electron chi connectivity index (χ2n) is 6.97. The molecule has 0 aliphatic carbocycles. The molecule has 1 fully saturated rings. The van der Waals surface area contributed by atoms with Crippen LogP contribution in [0.4, 0.5) is 10.5 Å². The Morgan fingerprint density at radius 1 is 1.21 bits per heavy atom. The SMILES string of the molecule is COc1ccccc1NC(=O)N1CCC(n2cnc3cc(Cl)ccc3c2=O)CC1. The number of nitrogens with zero attached hydrogens (tertiary/aromatic N) is 3. The third-order valence-electron chi connectivity index (χ3n) is 5.24. The Labute approximate surface area is 172 Å². The first-order valence-corrected chi connectivity index (χ1v) is 9.80. The number of benzene rings is 2. The summed E-state index contributed by atoms with van der Waals surface area (Å²) in [6.45, 7) is 1.10. The molecule has 0 bridgehead atoms. The van der Waals surface area contributed by atoms with Crippen LogP contribution in [0.5, 0.6) is 5.75 Å². The van der Waals surface area contributed by atoms with Gasteiger partial charge in [-0.05, 0) is 43.2 Å². The molecular weight excluding hydrogens is 392 g/mol. The monoisotopic (exact) mass is 412 g/mol. The van der Waals surface area contributed by atoms with E-state index in [1.165, 1.54) is 0 Å². The number of para-hydroxylation sites is 2. The van der Waals surface area contributed by atoms with E-state index in [4.69, 9.17) is 16.3 Å². The molecule has 2 heterocycles. The molecule has 4 rings (SSSR count). The molecule has 0 spiro atoms. The van der Waals surface area contributed by atoms with E-state index in [1.807, 2.05) is 12.1 Å². The van der Waals surface area contributed by atoms with Gasteiger partial charge >= 0.3 is 6.03 Å². The maximum absolute atomic E-state index is 12.8. The molecule has 1 aliphatic rings. The zero-order chi connectivity index (χ0) is 20.4. The van der Waals surface area contributed by atoms with Gasteiger partial charge in [0.1, 0.15) is 5.75 Å². The number of carbonyl (C=O) groups excluding carboxylic acids is 1. The highest BCUT2D eigenvalue weighted by Gasteiger charge is 2.25. The van der Waals surface area contributed by atoms with E-state index in [0.29, 0.717) is 53.3 Å². The summed E-state index contributed by atoms with van der Waals surface area (Å²) in [5.74, 6) is 0.615. The number of fused-ring (bicyclic) bond motifs is 1. The Hall–Kier alpha value is -3.06. The second kappa shape index (κ2) is 8.13. The lowest BCUT2D eigenvalue weighted by molar-refractivity contribution is 0.182. The molecule has 1 aromatic heterocycles. The van der Waals surface area contributed by atoms with Gasteiger partial charge in [0.05, 0.1) is 30.0 Å². The fraction of sp³-hybridized carbons (Fsp3) is 0.286. The summed E-state index contributed by atoms with van der Waals surface area (Å²) in [4.78, 5) is 31.6. The van der Waals surface area contributed by atoms with Gasteiger partial charge in [0.2, 0.25) is 0 Å². The molecule has 1 aliphatic heterocycles. The summed E-state index contributed by atoms with van der Waals surface area (Å²) in [5, 5.41) is 4.00. The van der Waals surface area contributed by atoms with E-state index < -0.39 is 0 Å². The average molecular weight is 413 g/mol. The first-order valence-electron chi connectivity index (χ1n) is 9.42. The number of rotatable bonds is 3. The van der Waals surface area contributed by atoms with Crippen LogP contribution in [-0.2, 0) is 0 Å². The lowest BCUT2D eigenvalue weighted by Crippen LogP contribution is -2.42. The van der Waals surface area contributed by atoms with Crippen LogP contribution in [0.3, 0.4) is 0 Å². The number of likely N-dealkylation sites (tertiary alicyclic amines) is 1. The fourth-order valence-electron chi connectivity index (χ4n) is 3.66. The van der Waals surface area contributed by atoms with Gasteiger partial charge in [-0.2, -0.15) is 0 Å². The van der Waals surface area contributed by atoms with Crippen molar-refractivity contribution in [3.05, 3.63) is 64.2 Å². The predicted octanol–water partition coefficient (Wildman–Crippen LogP) is 3.93. The number of methoxy groups -OCH3 is 1. The maximum atomic E-state index is 12.8. The minimum atomic E-state index is -0.174. The highest BCUT2D eigenvalue weighted by molar-refractivity contribution is 6.31. The second-order valence-corrected chi connectivity index (χ2v) is 7.40. The quantitative estimate of drug-likeness (QED) is 0.707. The van der Waals surface area contributed by atoms with Gasteiger partial charge in [0.15, 0.2) is 0 Å². The van der Waals surface area contributed by atoms with E-state index in [2.05, 4.69) is 10.3 Å². The number of piperidine rings is 1. The molecule has 2 amide bonds. The summed E-state index contributed by atoms with van der Waals surface area (Å²) in [7, 11) is 1.57. The molecule has 0 saturated carbocycles. The Kier molecular flexibility index (Phi) is 5.40. The predicted molar refractivity (Wildman–Crippen MR) is 113 cm³/mol. The van der Waals surface area contributed by atoms with Crippen molar-refractivity contribution in [1.29, 1.82) is 0 Å². The van der Waals surface area contributed by atoms with Crippen molar-refractivity contribution in [3.63, 3.8) is 0 Å². The fourth-order valence-corrected chi connectivity index (χ4v) is 3.82. The molecule has 1 N–H and O–H groups in total. The molecule has 150 valence electrons. The molecule has 0 atom stereocenters. The standard InChI is InChI=1S/C21H21ClN4O3/c1-29-19-5-3-2-4-17(19)24-21(28)25-10-8-15(9-11-25)26-13-23-18-12-14(22)6-7-16(18)20(26)27/h2-7,12-13,15H,8-11H2,1H3,(H,24,28). The third kappa shape index (κ3) is 3.91. The summed E-state index contributed by atoms with van der Waals surface area (Å²) in [6, 6.07) is 12.2. The number of hydrogen-bond acceptors (Lipinski definition) is 4. The van der Waals surface area contributed by atoms with Crippen LogP contribution < -0.4 is 15.6 Å². The van der Waals surface area contributed by atoms with Crippen LogP contribution in [0, 0.1) is 0 Å². The van der Waals surface area contributed by atoms with E-state index in [0.717, 1.165) is 0 Å². The summed E-state index contributed by atoms with van der Waals surface area (Å²) >= 11 is 5.98. The van der Waals surface area contributed by atoms with Crippen LogP contribution in [-0.4, -0.2) is 40.7 Å². The van der Waals surface area contributed by atoms with Crippen molar-refractivity contribution in [1.82, 2.24) is 14.5 Å². The van der Waals surface area contributed by atoms with Gasteiger partial charge in [-0.3, -0.25) is 9.36 Å². The highest BCUT2D eigenvalue weighted by atomic mass is 35.5. The number of anilines is 1. The minimum absolute atomic E-state index is 0.00499. The first-order chi connectivity index (χ1) is 14.1. The largest absolute Gasteiger partial charge is 0.495 e. The zero-order valence-electron chi connectivity index (χ0n) is 16.0. The van der Waals surface area contributed by atoms with Crippen molar-refractivity contribution < 1.29 is 9.53 Å². The molecule has 1 saturated heterocycles. The van der Waals surface area contributed by atoms with Crippen LogP contribution in [0.1, 0.15) is 18.9 Å². The van der Waals surface area contributed by atoms with Crippen LogP contribution in [0.2, 0.25) is 5.02 Å². The van der Waals surface area contributed by atoms with Gasteiger partial charge in [-0.1, -0.05) is 23.7 Å². The molecule has 29 heavy (non-hydrogen) atoms. The van der Waals surface area contributed by atoms with E-state index >= 15 is 0 Å². The van der Waals surface area contributed by atoms with E-state index in [-0.39, 0.29) is 17.6 Å². The van der Waals surface area contributed by atoms with Gasteiger partial charge in [0, 0.05) is 24.2 Å². The summed E-state index contributed by atoms with van der Waals surface area (Å²) < 4.78 is 6.95. The van der Waals surface area contributed by atoms with Gasteiger partial charge in [0.25, 0.3) is 5.56 Å².